The number of fused-ring (bicyclic) bond motifs is 4. The first-order valence-electron chi connectivity index (χ1n) is 8.40. The van der Waals surface area contributed by atoms with Crippen molar-refractivity contribution >= 4 is 0 Å². The summed E-state index contributed by atoms with van der Waals surface area (Å²) in [6.07, 6.45) is 6.55. The monoisotopic (exact) mass is 290 g/mol. The summed E-state index contributed by atoms with van der Waals surface area (Å²) in [4.78, 5) is 0. The van der Waals surface area contributed by atoms with Gasteiger partial charge in [-0.3, -0.25) is 0 Å². The average molecular weight is 290 g/mol. The van der Waals surface area contributed by atoms with Gasteiger partial charge in [0.05, 0.1) is 19.3 Å². The summed E-state index contributed by atoms with van der Waals surface area (Å²) >= 11 is 0. The molecule has 0 aromatic heterocycles. The molecular formula is C17H26N2O2. The largest absolute Gasteiger partial charge is 0.373 e. The molecule has 2 N–H and O–H groups in total. The van der Waals surface area contributed by atoms with Gasteiger partial charge in [-0.15, -0.1) is 6.58 Å². The second kappa shape index (κ2) is 5.41. The average Bonchev–Trinajstić information content (AvgIpc) is 3.26. The first-order chi connectivity index (χ1) is 10.3. The molecule has 6 atom stereocenters. The summed E-state index contributed by atoms with van der Waals surface area (Å²) in [6.45, 7) is 8.70. The number of rotatable bonds is 3. The maximum atomic E-state index is 5.89. The van der Waals surface area contributed by atoms with E-state index in [9.17, 15) is 0 Å². The lowest BCUT2D eigenvalue weighted by molar-refractivity contribution is 0.0973. The third-order valence-electron chi connectivity index (χ3n) is 5.65. The van der Waals surface area contributed by atoms with E-state index in [1.165, 1.54) is 25.0 Å². The van der Waals surface area contributed by atoms with Crippen molar-refractivity contribution < 1.29 is 9.47 Å². The topological polar surface area (TPSA) is 45.8 Å². The van der Waals surface area contributed by atoms with E-state index in [1.54, 1.807) is 5.57 Å². The Morgan fingerprint density at radius 3 is 3.14 bits per heavy atom. The molecule has 0 amide bonds. The fourth-order valence-electron chi connectivity index (χ4n) is 4.61. The highest BCUT2D eigenvalue weighted by molar-refractivity contribution is 5.30. The SMILES string of the molecule is C=CC1CC[C@@H]2C(C1)C1=C(COCC1NCC)NC1OC12. The molecule has 1 saturated carbocycles. The van der Waals surface area contributed by atoms with Crippen LogP contribution in [0.15, 0.2) is 23.9 Å². The molecule has 4 rings (SSSR count). The summed E-state index contributed by atoms with van der Waals surface area (Å²) in [7, 11) is 0. The predicted octanol–water partition coefficient (Wildman–Crippen LogP) is 1.80. The summed E-state index contributed by atoms with van der Waals surface area (Å²) in [5, 5.41) is 7.22. The minimum absolute atomic E-state index is 0.231. The Balaban J connectivity index is 1.69. The highest BCUT2D eigenvalue weighted by Crippen LogP contribution is 2.49. The number of hydrogen-bond donors (Lipinski definition) is 2. The van der Waals surface area contributed by atoms with E-state index in [-0.39, 0.29) is 6.23 Å². The van der Waals surface area contributed by atoms with Gasteiger partial charge in [-0.2, -0.15) is 0 Å². The molecule has 1 aliphatic carbocycles. The Labute approximate surface area is 127 Å². The second-order valence-corrected chi connectivity index (χ2v) is 6.80. The first kappa shape index (κ1) is 13.8. The lowest BCUT2D eigenvalue weighted by atomic mass is 9.68. The Morgan fingerprint density at radius 1 is 1.43 bits per heavy atom. The van der Waals surface area contributed by atoms with Gasteiger partial charge in [-0.25, -0.2) is 0 Å². The molecule has 3 heterocycles. The van der Waals surface area contributed by atoms with Crippen LogP contribution in [0, 0.1) is 17.8 Å². The van der Waals surface area contributed by atoms with Crippen LogP contribution in [0.4, 0.5) is 0 Å². The minimum atomic E-state index is 0.231. The van der Waals surface area contributed by atoms with Crippen LogP contribution < -0.4 is 10.6 Å². The molecule has 21 heavy (non-hydrogen) atoms. The molecule has 0 radical (unpaired) electrons. The summed E-state index contributed by atoms with van der Waals surface area (Å²) in [5.74, 6) is 1.94. The molecule has 1 saturated heterocycles. The Morgan fingerprint density at radius 2 is 2.33 bits per heavy atom. The van der Waals surface area contributed by atoms with Crippen molar-refractivity contribution in [3.05, 3.63) is 23.9 Å². The third-order valence-corrected chi connectivity index (χ3v) is 5.65. The maximum Gasteiger partial charge on any atom is 0.155 e. The Bertz CT molecular complexity index is 462. The van der Waals surface area contributed by atoms with Crippen molar-refractivity contribution in [2.75, 3.05) is 19.8 Å². The fraction of sp³-hybridized carbons (Fsp3) is 0.765. The highest BCUT2D eigenvalue weighted by Gasteiger charge is 2.54. The quantitative estimate of drug-likeness (QED) is 0.614. The minimum Gasteiger partial charge on any atom is -0.373 e. The van der Waals surface area contributed by atoms with Crippen LogP contribution in [0.1, 0.15) is 26.2 Å². The van der Waals surface area contributed by atoms with Gasteiger partial charge in [0.15, 0.2) is 6.23 Å². The normalized spacial score (nSPS) is 44.8. The molecule has 0 spiro atoms. The van der Waals surface area contributed by atoms with Crippen LogP contribution >= 0.6 is 0 Å². The number of epoxide rings is 1. The van der Waals surface area contributed by atoms with Crippen LogP contribution in [-0.2, 0) is 9.47 Å². The van der Waals surface area contributed by atoms with E-state index >= 15 is 0 Å². The Hall–Kier alpha value is -0.840. The van der Waals surface area contributed by atoms with Crippen LogP contribution in [-0.4, -0.2) is 38.1 Å². The molecule has 4 nitrogen and oxygen atoms in total. The zero-order chi connectivity index (χ0) is 14.4. The van der Waals surface area contributed by atoms with Crippen molar-refractivity contribution in [1.29, 1.82) is 0 Å². The van der Waals surface area contributed by atoms with Gasteiger partial charge in [0, 0.05) is 5.70 Å². The van der Waals surface area contributed by atoms with Crippen LogP contribution in [0.25, 0.3) is 0 Å². The zero-order valence-corrected chi connectivity index (χ0v) is 12.8. The van der Waals surface area contributed by atoms with Gasteiger partial charge in [0.2, 0.25) is 0 Å². The third kappa shape index (κ3) is 2.33. The molecule has 4 aliphatic rings. The van der Waals surface area contributed by atoms with E-state index in [4.69, 9.17) is 9.47 Å². The second-order valence-electron chi connectivity index (χ2n) is 6.80. The molecule has 0 bridgehead atoms. The molecule has 5 unspecified atom stereocenters. The van der Waals surface area contributed by atoms with Crippen molar-refractivity contribution in [2.24, 2.45) is 17.8 Å². The van der Waals surface area contributed by atoms with Gasteiger partial charge in [-0.05, 0) is 49.1 Å². The molecule has 3 aliphatic heterocycles. The van der Waals surface area contributed by atoms with E-state index in [1.807, 2.05) is 0 Å². The maximum absolute atomic E-state index is 5.89. The van der Waals surface area contributed by atoms with Gasteiger partial charge < -0.3 is 20.1 Å². The van der Waals surface area contributed by atoms with E-state index in [0.29, 0.717) is 36.5 Å². The zero-order valence-electron chi connectivity index (χ0n) is 12.8. The number of ether oxygens (including phenoxy) is 2. The standard InChI is InChI=1S/C17H26N2O2/c1-3-10-5-6-11-12(7-10)15-13(18-4-2)8-20-9-14(15)19-17-16(11)21-17/h3,10-13,16-19H,1,4-9H2,2H3/t10?,11-,12?,13?,16?,17?/m1/s1. The molecule has 2 fully saturated rings. The Kier molecular flexibility index (Phi) is 3.56. The summed E-state index contributed by atoms with van der Waals surface area (Å²) < 4.78 is 11.7. The number of likely N-dealkylation sites (N-methyl/N-ethyl adjacent to an activating group) is 1. The van der Waals surface area contributed by atoms with Crippen LogP contribution in [0.2, 0.25) is 0 Å². The molecule has 0 aromatic carbocycles. The van der Waals surface area contributed by atoms with E-state index in [2.05, 4.69) is 30.2 Å². The van der Waals surface area contributed by atoms with Gasteiger partial charge in [0.25, 0.3) is 0 Å². The first-order valence-corrected chi connectivity index (χ1v) is 8.40. The number of nitrogens with one attached hydrogen (secondary N) is 2. The van der Waals surface area contributed by atoms with Gasteiger partial charge in [0.1, 0.15) is 6.10 Å². The number of hydrogen-bond acceptors (Lipinski definition) is 4. The predicted molar refractivity (Wildman–Crippen MR) is 81.6 cm³/mol. The van der Waals surface area contributed by atoms with E-state index in [0.717, 1.165) is 13.2 Å². The lowest BCUT2D eigenvalue weighted by Crippen LogP contribution is -2.45. The van der Waals surface area contributed by atoms with E-state index < -0.39 is 0 Å². The van der Waals surface area contributed by atoms with Crippen LogP contribution in [0.3, 0.4) is 0 Å². The summed E-state index contributed by atoms with van der Waals surface area (Å²) in [6, 6.07) is 0.361. The number of allylic oxidation sites excluding steroid dienone is 1. The molecule has 4 heteroatoms. The van der Waals surface area contributed by atoms with Crippen molar-refractivity contribution in [3.8, 4) is 0 Å². The lowest BCUT2D eigenvalue weighted by Gasteiger charge is -2.40. The molecule has 116 valence electrons. The fourth-order valence-corrected chi connectivity index (χ4v) is 4.61. The van der Waals surface area contributed by atoms with Gasteiger partial charge >= 0.3 is 0 Å². The smallest absolute Gasteiger partial charge is 0.155 e. The van der Waals surface area contributed by atoms with Crippen molar-refractivity contribution in [3.63, 3.8) is 0 Å². The van der Waals surface area contributed by atoms with Gasteiger partial charge in [-0.1, -0.05) is 13.0 Å². The molecular weight excluding hydrogens is 264 g/mol. The highest BCUT2D eigenvalue weighted by atomic mass is 16.6. The summed E-state index contributed by atoms with van der Waals surface area (Å²) in [5.41, 5.74) is 2.87. The molecule has 0 aromatic rings. The van der Waals surface area contributed by atoms with Crippen LogP contribution in [0.5, 0.6) is 0 Å². The van der Waals surface area contributed by atoms with Crippen molar-refractivity contribution in [2.45, 2.75) is 44.6 Å². The van der Waals surface area contributed by atoms with Crippen molar-refractivity contribution in [1.82, 2.24) is 10.6 Å².